The molecule has 0 saturated carbocycles. The molecule has 2 aliphatic carbocycles. The Labute approximate surface area is 211 Å². The summed E-state index contributed by atoms with van der Waals surface area (Å²) in [7, 11) is 0. The normalized spacial score (nSPS) is 21.1. The number of rotatable bonds is 6. The molecular formula is C34H36SiZr. The van der Waals surface area contributed by atoms with E-state index in [2.05, 4.69) is 150 Å². The first-order valence-corrected chi connectivity index (χ1v) is 30.5. The number of hydrogen-bond acceptors (Lipinski definition) is 0. The summed E-state index contributed by atoms with van der Waals surface area (Å²) in [5.41, 5.74) is 8.75. The molecule has 0 N–H and O–H groups in total. The van der Waals surface area contributed by atoms with Gasteiger partial charge < -0.3 is 0 Å². The summed E-state index contributed by atoms with van der Waals surface area (Å²) in [4.78, 5) is 0. The van der Waals surface area contributed by atoms with Gasteiger partial charge in [-0.1, -0.05) is 0 Å². The van der Waals surface area contributed by atoms with Crippen molar-refractivity contribution >= 4 is 19.0 Å². The monoisotopic (exact) mass is 562 g/mol. The quantitative estimate of drug-likeness (QED) is 0.207. The molecule has 180 valence electrons. The van der Waals surface area contributed by atoms with Gasteiger partial charge in [0.1, 0.15) is 0 Å². The topological polar surface area (TPSA) is 0 Å². The molecule has 0 fully saturated rings. The summed E-state index contributed by atoms with van der Waals surface area (Å²) in [6.45, 7) is 2.48. The molecule has 6 rings (SSSR count). The molecule has 0 nitrogen and oxygen atoms in total. The van der Waals surface area contributed by atoms with Crippen molar-refractivity contribution < 1.29 is 14.4 Å². The van der Waals surface area contributed by atoms with Crippen LogP contribution in [0.2, 0.25) is 9.26 Å². The van der Waals surface area contributed by atoms with Gasteiger partial charge in [-0.3, -0.25) is 0 Å². The van der Waals surface area contributed by atoms with E-state index < -0.39 is 14.4 Å². The molecule has 0 spiro atoms. The molecule has 2 heteroatoms. The molecule has 0 aromatic heterocycles. The summed E-state index contributed by atoms with van der Waals surface area (Å²) in [5, 5.41) is 0. The van der Waals surface area contributed by atoms with Crippen LogP contribution in [0.5, 0.6) is 0 Å². The second-order valence-electron chi connectivity index (χ2n) is 14.2. The van der Waals surface area contributed by atoms with Crippen LogP contribution in [0.4, 0.5) is 0 Å². The first kappa shape index (κ1) is 23.8. The predicted octanol–water partition coefficient (Wildman–Crippen LogP) is 8.33. The molecule has 4 aromatic rings. The SMILES string of the molecule is [CH3][Zr]([CH3])(=[SiH2])([CH2]c1ccccc1)([CH2]c1ccccc1)([CH]1C=Cc2ccccc21)[CH]1C=Cc2ccccc21. The zero-order valence-corrected chi connectivity index (χ0v) is 25.3. The van der Waals surface area contributed by atoms with Crippen LogP contribution in [-0.4, -0.2) is 6.88 Å². The summed E-state index contributed by atoms with van der Waals surface area (Å²) in [6.07, 6.45) is 10.0. The van der Waals surface area contributed by atoms with Gasteiger partial charge in [-0.2, -0.15) is 0 Å². The zero-order valence-electron chi connectivity index (χ0n) is 21.5. The Morgan fingerprint density at radius 1 is 0.528 bits per heavy atom. The Morgan fingerprint density at radius 3 is 1.31 bits per heavy atom. The second-order valence-corrected chi connectivity index (χ2v) is 67.2. The van der Waals surface area contributed by atoms with Crippen molar-refractivity contribution in [1.82, 2.24) is 0 Å². The molecule has 0 amide bonds. The summed E-state index contributed by atoms with van der Waals surface area (Å²) >= 11 is -5.10. The predicted molar refractivity (Wildman–Crippen MR) is 157 cm³/mol. The van der Waals surface area contributed by atoms with Crippen LogP contribution in [0.15, 0.2) is 121 Å². The summed E-state index contributed by atoms with van der Waals surface area (Å²) < 4.78 is 8.66. The van der Waals surface area contributed by atoms with Gasteiger partial charge >= 0.3 is 213 Å². The first-order valence-electron chi connectivity index (χ1n) is 13.3. The molecular weight excluding hydrogens is 528 g/mol. The first-order chi connectivity index (χ1) is 17.2. The second kappa shape index (κ2) is 7.27. The molecule has 36 heavy (non-hydrogen) atoms. The van der Waals surface area contributed by atoms with E-state index in [0.717, 1.165) is 8.26 Å². The van der Waals surface area contributed by atoms with Crippen LogP contribution in [0, 0.1) is 0 Å². The van der Waals surface area contributed by atoms with Crippen LogP contribution in [0.25, 0.3) is 12.2 Å². The molecule has 0 saturated heterocycles. The van der Waals surface area contributed by atoms with E-state index in [0.29, 0.717) is 7.25 Å². The van der Waals surface area contributed by atoms with Crippen molar-refractivity contribution in [2.75, 3.05) is 0 Å². The minimum absolute atomic E-state index is 0.387. The van der Waals surface area contributed by atoms with Gasteiger partial charge in [-0.15, -0.1) is 0 Å². The van der Waals surface area contributed by atoms with Crippen molar-refractivity contribution in [3.63, 3.8) is 0 Å². The van der Waals surface area contributed by atoms with Crippen molar-refractivity contribution in [3.8, 4) is 0 Å². The van der Waals surface area contributed by atoms with E-state index in [4.69, 9.17) is 0 Å². The van der Waals surface area contributed by atoms with Gasteiger partial charge in [0, 0.05) is 0 Å². The fourth-order valence-corrected chi connectivity index (χ4v) is 43.4. The van der Waals surface area contributed by atoms with Crippen molar-refractivity contribution in [2.45, 2.75) is 24.8 Å². The summed E-state index contributed by atoms with van der Waals surface area (Å²) in [6, 6.07) is 41.0. The third-order valence-electron chi connectivity index (χ3n) is 10.2. The Kier molecular flexibility index (Phi) is 4.82. The van der Waals surface area contributed by atoms with E-state index in [1.807, 2.05) is 0 Å². The van der Waals surface area contributed by atoms with Crippen molar-refractivity contribution in [1.29, 1.82) is 0 Å². The Bertz CT molecular complexity index is 1540. The number of allylic oxidation sites excluding steroid dienone is 2. The molecule has 2 atom stereocenters. The zero-order chi connectivity index (χ0) is 25.0. The van der Waals surface area contributed by atoms with Crippen LogP contribution in [0.1, 0.15) is 40.6 Å². The maximum atomic E-state index is 2.82. The molecule has 4 aromatic carbocycles. The van der Waals surface area contributed by atoms with Gasteiger partial charge in [-0.05, 0) is 0 Å². The van der Waals surface area contributed by atoms with Gasteiger partial charge in [0.2, 0.25) is 0 Å². The van der Waals surface area contributed by atoms with E-state index in [-0.39, 0.29) is 0 Å². The van der Waals surface area contributed by atoms with E-state index in [9.17, 15) is 0 Å². The molecule has 2 unspecified atom stereocenters. The average molecular weight is 564 g/mol. The van der Waals surface area contributed by atoms with Crippen LogP contribution < -0.4 is 0 Å². The van der Waals surface area contributed by atoms with Gasteiger partial charge in [0.25, 0.3) is 0 Å². The van der Waals surface area contributed by atoms with E-state index in [1.165, 1.54) is 33.4 Å². The van der Waals surface area contributed by atoms with Gasteiger partial charge in [-0.25, -0.2) is 0 Å². The molecule has 0 heterocycles. The Morgan fingerprint density at radius 2 is 0.889 bits per heavy atom. The fourth-order valence-electron chi connectivity index (χ4n) is 8.62. The number of fused-ring (bicyclic) bond motifs is 2. The Hall–Kier alpha value is -2.54. The van der Waals surface area contributed by atoms with E-state index in [1.54, 1.807) is 0 Å². The summed E-state index contributed by atoms with van der Waals surface area (Å²) in [5.74, 6) is 0. The molecule has 2 aliphatic rings. The molecule has 0 radical (unpaired) electrons. The maximum absolute atomic E-state index is 5.10. The van der Waals surface area contributed by atoms with Crippen LogP contribution >= 0.6 is 0 Å². The third kappa shape index (κ3) is 3.34. The number of benzene rings is 4. The Balaban J connectivity index is 1.76. The van der Waals surface area contributed by atoms with Crippen molar-refractivity contribution in [3.05, 3.63) is 155 Å². The number of hydrogen-bond donors (Lipinski definition) is 0. The van der Waals surface area contributed by atoms with Gasteiger partial charge in [0.15, 0.2) is 0 Å². The molecule has 0 bridgehead atoms. The van der Waals surface area contributed by atoms with Gasteiger partial charge in [0.05, 0.1) is 0 Å². The standard InChI is InChI=1S/2C9H7.2C7H7.2CH3.H2Si.Zr/c2*1-2-5-9-7-3-6-8(9)4-1;2*1-7-5-3-2-4-6-7;;;;/h2*1-7H;2*2-6H,1H2;2*1H3;1H2;. The van der Waals surface area contributed by atoms with E-state index >= 15 is 0 Å². The van der Waals surface area contributed by atoms with Crippen LogP contribution in [0.3, 0.4) is 0 Å². The fraction of sp³-hybridized carbons (Fsp3) is 0.176. The third-order valence-corrected chi connectivity index (χ3v) is 45.2. The van der Waals surface area contributed by atoms with Crippen molar-refractivity contribution in [2.24, 2.45) is 0 Å². The molecule has 0 aliphatic heterocycles. The van der Waals surface area contributed by atoms with Crippen LogP contribution in [-0.2, 0) is 22.7 Å². The average Bonchev–Trinajstić information content (AvgIpc) is 3.52. The minimum atomic E-state index is -5.10.